The van der Waals surface area contributed by atoms with Gasteiger partial charge in [0, 0.05) is 6.20 Å². The largest absolute Gasteiger partial charge is 0.377 e. The minimum absolute atomic E-state index is 0.297. The molecule has 0 aliphatic rings. The van der Waals surface area contributed by atoms with Crippen LogP contribution in [-0.2, 0) is 11.3 Å². The predicted octanol–water partition coefficient (Wildman–Crippen LogP) is 2.74. The highest BCUT2D eigenvalue weighted by Gasteiger charge is 2.08. The minimum Gasteiger partial charge on any atom is -0.377 e. The van der Waals surface area contributed by atoms with Crippen molar-refractivity contribution in [1.82, 2.24) is 9.78 Å². The van der Waals surface area contributed by atoms with Gasteiger partial charge in [0.05, 0.1) is 24.9 Å². The van der Waals surface area contributed by atoms with Crippen LogP contribution in [0.4, 0.5) is 0 Å². The number of hydrogen-bond acceptors (Lipinski definition) is 2. The maximum atomic E-state index is 5.49. The Kier molecular flexibility index (Phi) is 4.33. The van der Waals surface area contributed by atoms with Crippen molar-refractivity contribution >= 4 is 0 Å². The summed E-state index contributed by atoms with van der Waals surface area (Å²) in [6, 6.07) is 0. The summed E-state index contributed by atoms with van der Waals surface area (Å²) < 4.78 is 7.47. The third-order valence-electron chi connectivity index (χ3n) is 2.38. The van der Waals surface area contributed by atoms with E-state index in [1.54, 1.807) is 0 Å². The van der Waals surface area contributed by atoms with E-state index >= 15 is 0 Å². The summed E-state index contributed by atoms with van der Waals surface area (Å²) in [5.41, 5.74) is 2.47. The van der Waals surface area contributed by atoms with Crippen molar-refractivity contribution in [2.24, 2.45) is 0 Å². The Morgan fingerprint density at radius 1 is 1.33 bits per heavy atom. The second-order valence-corrected chi connectivity index (χ2v) is 4.51. The topological polar surface area (TPSA) is 27.1 Å². The van der Waals surface area contributed by atoms with Crippen molar-refractivity contribution < 1.29 is 4.74 Å². The lowest BCUT2D eigenvalue weighted by Gasteiger charge is -2.06. The lowest BCUT2D eigenvalue weighted by atomic mass is 10.1. The van der Waals surface area contributed by atoms with Gasteiger partial charge in [-0.1, -0.05) is 13.8 Å². The monoisotopic (exact) mass is 210 g/mol. The van der Waals surface area contributed by atoms with Crippen LogP contribution in [0.5, 0.6) is 0 Å². The second-order valence-electron chi connectivity index (χ2n) is 4.51. The van der Waals surface area contributed by atoms with E-state index in [2.05, 4.69) is 32.1 Å². The van der Waals surface area contributed by atoms with Gasteiger partial charge in [0.2, 0.25) is 0 Å². The average Bonchev–Trinajstić information content (AvgIpc) is 2.46. The van der Waals surface area contributed by atoms with Crippen molar-refractivity contribution in [2.45, 2.75) is 53.2 Å². The lowest BCUT2D eigenvalue weighted by molar-refractivity contribution is 0.0709. The molecule has 1 heterocycles. The predicted molar refractivity (Wildman–Crippen MR) is 62.1 cm³/mol. The van der Waals surface area contributed by atoms with Gasteiger partial charge in [0.1, 0.15) is 0 Å². The van der Waals surface area contributed by atoms with Crippen LogP contribution in [-0.4, -0.2) is 22.5 Å². The number of rotatable bonds is 5. The SMILES string of the molecule is Cc1nn(CCOC(C)C)cc1C(C)C. The van der Waals surface area contributed by atoms with E-state index in [9.17, 15) is 0 Å². The van der Waals surface area contributed by atoms with Crippen molar-refractivity contribution in [1.29, 1.82) is 0 Å². The van der Waals surface area contributed by atoms with Crippen LogP contribution in [0, 0.1) is 6.92 Å². The van der Waals surface area contributed by atoms with E-state index in [1.165, 1.54) is 5.56 Å². The van der Waals surface area contributed by atoms with E-state index < -0.39 is 0 Å². The second kappa shape index (κ2) is 5.31. The molecule has 0 aromatic carbocycles. The minimum atomic E-state index is 0.297. The summed E-state index contributed by atoms with van der Waals surface area (Å²) in [4.78, 5) is 0. The summed E-state index contributed by atoms with van der Waals surface area (Å²) in [5.74, 6) is 0.546. The van der Waals surface area contributed by atoms with Gasteiger partial charge in [0.15, 0.2) is 0 Å². The molecule has 0 saturated carbocycles. The summed E-state index contributed by atoms with van der Waals surface area (Å²) in [6.07, 6.45) is 2.43. The van der Waals surface area contributed by atoms with Gasteiger partial charge in [-0.2, -0.15) is 5.10 Å². The Bertz CT molecular complexity index is 303. The number of hydrogen-bond donors (Lipinski definition) is 0. The molecule has 0 aliphatic heterocycles. The number of ether oxygens (including phenoxy) is 1. The van der Waals surface area contributed by atoms with Gasteiger partial charge in [-0.15, -0.1) is 0 Å². The zero-order chi connectivity index (χ0) is 11.4. The highest BCUT2D eigenvalue weighted by molar-refractivity contribution is 5.18. The van der Waals surface area contributed by atoms with Crippen LogP contribution in [0.3, 0.4) is 0 Å². The van der Waals surface area contributed by atoms with Crippen LogP contribution in [0.1, 0.15) is 44.9 Å². The average molecular weight is 210 g/mol. The Morgan fingerprint density at radius 3 is 2.47 bits per heavy atom. The molecule has 0 saturated heterocycles. The molecule has 0 atom stereocenters. The molecule has 3 heteroatoms. The van der Waals surface area contributed by atoms with Gasteiger partial charge >= 0.3 is 0 Å². The smallest absolute Gasteiger partial charge is 0.0666 e. The molecule has 0 unspecified atom stereocenters. The van der Waals surface area contributed by atoms with Crippen LogP contribution < -0.4 is 0 Å². The molecule has 1 aromatic rings. The fraction of sp³-hybridized carbons (Fsp3) is 0.750. The third-order valence-corrected chi connectivity index (χ3v) is 2.38. The highest BCUT2D eigenvalue weighted by Crippen LogP contribution is 2.17. The fourth-order valence-electron chi connectivity index (χ4n) is 1.60. The van der Waals surface area contributed by atoms with E-state index in [0.29, 0.717) is 12.0 Å². The van der Waals surface area contributed by atoms with E-state index in [0.717, 1.165) is 18.8 Å². The van der Waals surface area contributed by atoms with Gasteiger partial charge in [-0.3, -0.25) is 4.68 Å². The van der Waals surface area contributed by atoms with Crippen molar-refractivity contribution in [3.8, 4) is 0 Å². The summed E-state index contributed by atoms with van der Waals surface area (Å²) in [6.45, 7) is 12.1. The van der Waals surface area contributed by atoms with Crippen LogP contribution in [0.25, 0.3) is 0 Å². The molecule has 86 valence electrons. The normalized spacial score (nSPS) is 11.7. The first-order chi connectivity index (χ1) is 7.00. The molecule has 15 heavy (non-hydrogen) atoms. The number of nitrogens with zero attached hydrogens (tertiary/aromatic N) is 2. The zero-order valence-electron chi connectivity index (χ0n) is 10.4. The van der Waals surface area contributed by atoms with E-state index in [1.807, 2.05) is 18.5 Å². The third kappa shape index (κ3) is 3.67. The number of aryl methyl sites for hydroxylation is 1. The van der Waals surface area contributed by atoms with Crippen LogP contribution in [0.2, 0.25) is 0 Å². The van der Waals surface area contributed by atoms with Gasteiger partial charge < -0.3 is 4.74 Å². The summed E-state index contributed by atoms with van der Waals surface area (Å²) >= 11 is 0. The molecule has 0 aliphatic carbocycles. The molecule has 0 bridgehead atoms. The van der Waals surface area contributed by atoms with Gasteiger partial charge in [-0.05, 0) is 32.3 Å². The Morgan fingerprint density at radius 2 is 2.00 bits per heavy atom. The molecule has 0 amide bonds. The maximum absolute atomic E-state index is 5.49. The molecule has 0 radical (unpaired) electrons. The van der Waals surface area contributed by atoms with E-state index in [4.69, 9.17) is 4.74 Å². The number of aromatic nitrogens is 2. The quantitative estimate of drug-likeness (QED) is 0.747. The Balaban J connectivity index is 2.52. The summed E-state index contributed by atoms with van der Waals surface area (Å²) in [5, 5.41) is 4.47. The Hall–Kier alpha value is -0.830. The van der Waals surface area contributed by atoms with Crippen LogP contribution >= 0.6 is 0 Å². The van der Waals surface area contributed by atoms with Crippen molar-refractivity contribution in [3.63, 3.8) is 0 Å². The molecule has 0 fully saturated rings. The van der Waals surface area contributed by atoms with E-state index in [-0.39, 0.29) is 0 Å². The van der Waals surface area contributed by atoms with Crippen molar-refractivity contribution in [3.05, 3.63) is 17.5 Å². The molecule has 1 aromatic heterocycles. The molecule has 1 rings (SSSR count). The highest BCUT2D eigenvalue weighted by atomic mass is 16.5. The van der Waals surface area contributed by atoms with Gasteiger partial charge in [0.25, 0.3) is 0 Å². The van der Waals surface area contributed by atoms with Crippen LogP contribution in [0.15, 0.2) is 6.20 Å². The first kappa shape index (κ1) is 12.2. The zero-order valence-corrected chi connectivity index (χ0v) is 10.4. The fourth-order valence-corrected chi connectivity index (χ4v) is 1.60. The Labute approximate surface area is 92.4 Å². The standard InChI is InChI=1S/C12H22N2O/c1-9(2)12-8-14(13-11(12)5)6-7-15-10(3)4/h8-10H,6-7H2,1-5H3. The maximum Gasteiger partial charge on any atom is 0.0666 e. The first-order valence-electron chi connectivity index (χ1n) is 5.66. The lowest BCUT2D eigenvalue weighted by Crippen LogP contribution is -2.10. The van der Waals surface area contributed by atoms with Crippen molar-refractivity contribution in [2.75, 3.05) is 6.61 Å². The first-order valence-corrected chi connectivity index (χ1v) is 5.66. The molecule has 0 N–H and O–H groups in total. The molecule has 0 spiro atoms. The molecule has 3 nitrogen and oxygen atoms in total. The van der Waals surface area contributed by atoms with Gasteiger partial charge in [-0.25, -0.2) is 0 Å². The molecular formula is C12H22N2O. The molecular weight excluding hydrogens is 188 g/mol. The summed E-state index contributed by atoms with van der Waals surface area (Å²) in [7, 11) is 0.